The first kappa shape index (κ1) is 12.5. The number of para-hydroxylation sites is 1. The second kappa shape index (κ2) is 5.23. The van der Waals surface area contributed by atoms with Gasteiger partial charge in [0.15, 0.2) is 0 Å². The monoisotopic (exact) mass is 258 g/mol. The number of hydrogen-bond acceptors (Lipinski definition) is 3. The van der Waals surface area contributed by atoms with Crippen molar-refractivity contribution in [3.63, 3.8) is 0 Å². The van der Waals surface area contributed by atoms with Crippen molar-refractivity contribution in [2.75, 3.05) is 44.2 Å². The smallest absolute Gasteiger partial charge is 0.0626 e. The number of nitrogens with zero attached hydrogens (tertiary/aromatic N) is 3. The Balaban J connectivity index is 1.82. The predicted molar refractivity (Wildman–Crippen MR) is 80.6 cm³/mol. The lowest BCUT2D eigenvalue weighted by Gasteiger charge is -2.35. The first-order valence-electron chi connectivity index (χ1n) is 7.01. The van der Waals surface area contributed by atoms with Crippen LogP contribution in [0.3, 0.4) is 0 Å². The molecule has 2 heterocycles. The molecule has 0 aliphatic carbocycles. The van der Waals surface area contributed by atoms with E-state index in [1.54, 1.807) is 0 Å². The fourth-order valence-electron chi connectivity index (χ4n) is 2.97. The van der Waals surface area contributed by atoms with Crippen molar-refractivity contribution in [1.82, 2.24) is 9.47 Å². The first-order valence-corrected chi connectivity index (χ1v) is 7.01. The normalized spacial score (nSPS) is 17.3. The van der Waals surface area contributed by atoms with Crippen LogP contribution < -0.4 is 10.6 Å². The van der Waals surface area contributed by atoms with E-state index >= 15 is 0 Å². The molecule has 1 aliphatic rings. The maximum absolute atomic E-state index is 5.62. The van der Waals surface area contributed by atoms with Gasteiger partial charge in [-0.2, -0.15) is 0 Å². The van der Waals surface area contributed by atoms with Gasteiger partial charge < -0.3 is 15.2 Å². The minimum atomic E-state index is 0.758. The fourth-order valence-corrected chi connectivity index (χ4v) is 2.97. The number of aryl methyl sites for hydroxylation is 1. The summed E-state index contributed by atoms with van der Waals surface area (Å²) in [5, 5.41) is 1.36. The van der Waals surface area contributed by atoms with Gasteiger partial charge in [0, 0.05) is 63.4 Å². The summed E-state index contributed by atoms with van der Waals surface area (Å²) < 4.78 is 2.22. The van der Waals surface area contributed by atoms with Crippen molar-refractivity contribution in [2.24, 2.45) is 12.8 Å². The van der Waals surface area contributed by atoms with Gasteiger partial charge >= 0.3 is 0 Å². The van der Waals surface area contributed by atoms with Crippen LogP contribution in [-0.4, -0.2) is 48.7 Å². The Bertz CT molecular complexity index is 552. The van der Waals surface area contributed by atoms with Crippen LogP contribution in [0.25, 0.3) is 10.9 Å². The first-order chi connectivity index (χ1) is 9.29. The van der Waals surface area contributed by atoms with Crippen LogP contribution >= 0.6 is 0 Å². The van der Waals surface area contributed by atoms with E-state index in [0.717, 1.165) is 39.3 Å². The summed E-state index contributed by atoms with van der Waals surface area (Å²) in [6.45, 7) is 6.18. The number of fused-ring (bicyclic) bond motifs is 1. The lowest BCUT2D eigenvalue weighted by Crippen LogP contribution is -2.47. The van der Waals surface area contributed by atoms with Crippen LogP contribution in [0.5, 0.6) is 0 Å². The van der Waals surface area contributed by atoms with Gasteiger partial charge in [0.05, 0.1) is 5.69 Å². The molecule has 0 radical (unpaired) electrons. The molecule has 0 amide bonds. The Morgan fingerprint density at radius 3 is 2.58 bits per heavy atom. The van der Waals surface area contributed by atoms with Crippen molar-refractivity contribution in [2.45, 2.75) is 0 Å². The van der Waals surface area contributed by atoms with Crippen LogP contribution in [0.4, 0.5) is 5.69 Å². The van der Waals surface area contributed by atoms with Crippen molar-refractivity contribution in [1.29, 1.82) is 0 Å². The van der Waals surface area contributed by atoms with Gasteiger partial charge in [-0.25, -0.2) is 0 Å². The molecule has 3 rings (SSSR count). The van der Waals surface area contributed by atoms with E-state index in [1.165, 1.54) is 16.6 Å². The molecule has 19 heavy (non-hydrogen) atoms. The van der Waals surface area contributed by atoms with Gasteiger partial charge in [-0.3, -0.25) is 4.90 Å². The molecule has 2 N–H and O–H groups in total. The third-order valence-electron chi connectivity index (χ3n) is 4.03. The number of nitrogens with two attached hydrogens (primary N) is 1. The minimum Gasteiger partial charge on any atom is -0.367 e. The second-order valence-electron chi connectivity index (χ2n) is 5.26. The third-order valence-corrected chi connectivity index (χ3v) is 4.03. The molecule has 1 fully saturated rings. The third kappa shape index (κ3) is 2.33. The Morgan fingerprint density at radius 1 is 1.11 bits per heavy atom. The summed E-state index contributed by atoms with van der Waals surface area (Å²) in [5.74, 6) is 0. The van der Waals surface area contributed by atoms with E-state index in [9.17, 15) is 0 Å². The molecule has 102 valence electrons. The Kier molecular flexibility index (Phi) is 3.44. The number of rotatable bonds is 3. The average molecular weight is 258 g/mol. The van der Waals surface area contributed by atoms with Gasteiger partial charge in [-0.15, -0.1) is 0 Å². The molecule has 0 spiro atoms. The zero-order chi connectivity index (χ0) is 13.2. The molecule has 1 aromatic heterocycles. The van der Waals surface area contributed by atoms with E-state index < -0.39 is 0 Å². The highest BCUT2D eigenvalue weighted by atomic mass is 15.3. The highest BCUT2D eigenvalue weighted by Crippen LogP contribution is 2.29. The summed E-state index contributed by atoms with van der Waals surface area (Å²) >= 11 is 0. The van der Waals surface area contributed by atoms with Gasteiger partial charge in [-0.05, 0) is 6.07 Å². The van der Waals surface area contributed by atoms with Crippen molar-refractivity contribution in [3.8, 4) is 0 Å². The van der Waals surface area contributed by atoms with Gasteiger partial charge in [0.1, 0.15) is 0 Å². The molecule has 4 heteroatoms. The average Bonchev–Trinajstić information content (AvgIpc) is 2.78. The zero-order valence-electron chi connectivity index (χ0n) is 11.5. The highest BCUT2D eigenvalue weighted by Gasteiger charge is 2.19. The summed E-state index contributed by atoms with van der Waals surface area (Å²) in [7, 11) is 2.12. The standard InChI is InChI=1S/C15H22N4/c1-17-12-15(13-4-2-3-5-14(13)17)19-10-8-18(7-6-16)9-11-19/h2-5,12H,6-11,16H2,1H3. The quantitative estimate of drug-likeness (QED) is 0.900. The molecule has 2 aromatic rings. The van der Waals surface area contributed by atoms with Crippen molar-refractivity contribution in [3.05, 3.63) is 30.5 Å². The zero-order valence-corrected chi connectivity index (χ0v) is 11.5. The number of anilines is 1. The topological polar surface area (TPSA) is 37.4 Å². The van der Waals surface area contributed by atoms with Gasteiger partial charge in [0.25, 0.3) is 0 Å². The molecule has 0 atom stereocenters. The molecule has 1 saturated heterocycles. The summed E-state index contributed by atoms with van der Waals surface area (Å²) in [5.41, 5.74) is 8.30. The van der Waals surface area contributed by atoms with Crippen LogP contribution in [0.2, 0.25) is 0 Å². The second-order valence-corrected chi connectivity index (χ2v) is 5.26. The summed E-state index contributed by atoms with van der Waals surface area (Å²) in [4.78, 5) is 4.94. The predicted octanol–water partition coefficient (Wildman–Crippen LogP) is 1.26. The Labute approximate surface area is 114 Å². The van der Waals surface area contributed by atoms with Crippen LogP contribution in [-0.2, 0) is 7.05 Å². The molecule has 0 unspecified atom stereocenters. The van der Waals surface area contributed by atoms with E-state index in [1.807, 2.05) is 0 Å². The fraction of sp³-hybridized carbons (Fsp3) is 0.467. The molecular formula is C15H22N4. The molecule has 4 nitrogen and oxygen atoms in total. The SMILES string of the molecule is Cn1cc(N2CCN(CCN)CC2)c2ccccc21. The molecule has 1 aromatic carbocycles. The van der Waals surface area contributed by atoms with Crippen LogP contribution in [0.15, 0.2) is 30.5 Å². The van der Waals surface area contributed by atoms with E-state index in [2.05, 4.69) is 51.9 Å². The van der Waals surface area contributed by atoms with Crippen molar-refractivity contribution < 1.29 is 0 Å². The lowest BCUT2D eigenvalue weighted by molar-refractivity contribution is 0.265. The Hall–Kier alpha value is -1.52. The van der Waals surface area contributed by atoms with E-state index in [0.29, 0.717) is 0 Å². The lowest BCUT2D eigenvalue weighted by atomic mass is 10.2. The molecule has 0 bridgehead atoms. The number of piperazine rings is 1. The number of hydrogen-bond donors (Lipinski definition) is 1. The molecule has 1 aliphatic heterocycles. The number of aromatic nitrogens is 1. The van der Waals surface area contributed by atoms with Gasteiger partial charge in [0.2, 0.25) is 0 Å². The van der Waals surface area contributed by atoms with Gasteiger partial charge in [-0.1, -0.05) is 18.2 Å². The Morgan fingerprint density at radius 2 is 1.84 bits per heavy atom. The van der Waals surface area contributed by atoms with Crippen LogP contribution in [0, 0.1) is 0 Å². The summed E-state index contributed by atoms with van der Waals surface area (Å²) in [6, 6.07) is 8.63. The molecule has 0 saturated carbocycles. The van der Waals surface area contributed by atoms with Crippen LogP contribution in [0.1, 0.15) is 0 Å². The van der Waals surface area contributed by atoms with Crippen molar-refractivity contribution >= 4 is 16.6 Å². The maximum Gasteiger partial charge on any atom is 0.0626 e. The summed E-state index contributed by atoms with van der Waals surface area (Å²) in [6.07, 6.45) is 2.25. The largest absolute Gasteiger partial charge is 0.367 e. The maximum atomic E-state index is 5.62. The minimum absolute atomic E-state index is 0.758. The van der Waals surface area contributed by atoms with E-state index in [4.69, 9.17) is 5.73 Å². The van der Waals surface area contributed by atoms with E-state index in [-0.39, 0.29) is 0 Å². The highest BCUT2D eigenvalue weighted by molar-refractivity contribution is 5.93. The number of benzene rings is 1. The molecular weight excluding hydrogens is 236 g/mol.